The van der Waals surface area contributed by atoms with Crippen molar-refractivity contribution in [1.82, 2.24) is 20.2 Å². The number of para-hydroxylation sites is 1. The lowest BCUT2D eigenvalue weighted by Gasteiger charge is -2.15. The highest BCUT2D eigenvalue weighted by molar-refractivity contribution is 5.58. The fraction of sp³-hybridized carbons (Fsp3) is 0.278. The predicted molar refractivity (Wildman–Crippen MR) is 93.7 cm³/mol. The summed E-state index contributed by atoms with van der Waals surface area (Å²) in [5.74, 6) is 0.809. The summed E-state index contributed by atoms with van der Waals surface area (Å²) in [5.41, 5.74) is 0.239. The van der Waals surface area contributed by atoms with E-state index in [1.54, 1.807) is 0 Å². The summed E-state index contributed by atoms with van der Waals surface area (Å²) < 4.78 is 46.2. The van der Waals surface area contributed by atoms with Gasteiger partial charge in [0.2, 0.25) is 0 Å². The molecule has 27 heavy (non-hydrogen) atoms. The maximum Gasteiger partial charge on any atom is 0.416 e. The van der Waals surface area contributed by atoms with Gasteiger partial charge in [0.1, 0.15) is 5.75 Å². The molecule has 9 heteroatoms. The van der Waals surface area contributed by atoms with E-state index in [-0.39, 0.29) is 12.2 Å². The van der Waals surface area contributed by atoms with Crippen LogP contribution in [0.4, 0.5) is 18.9 Å². The van der Waals surface area contributed by atoms with E-state index in [1.165, 1.54) is 10.7 Å². The van der Waals surface area contributed by atoms with Crippen molar-refractivity contribution >= 4 is 5.69 Å². The molecule has 0 spiro atoms. The summed E-state index contributed by atoms with van der Waals surface area (Å²) in [6.45, 7) is 2.46. The quantitative estimate of drug-likeness (QED) is 0.672. The Morgan fingerprint density at radius 2 is 1.89 bits per heavy atom. The van der Waals surface area contributed by atoms with Gasteiger partial charge < -0.3 is 10.1 Å². The van der Waals surface area contributed by atoms with E-state index >= 15 is 0 Å². The SMILES string of the molecule is CCCOc1ccc(C(F)(F)F)cc1NCc1nnnn1-c1ccccc1. The number of nitrogens with zero attached hydrogens (tertiary/aromatic N) is 4. The van der Waals surface area contributed by atoms with Crippen molar-refractivity contribution < 1.29 is 17.9 Å². The number of halogens is 3. The van der Waals surface area contributed by atoms with Gasteiger partial charge in [0.05, 0.1) is 30.1 Å². The molecule has 0 fully saturated rings. The zero-order chi connectivity index (χ0) is 19.3. The number of tetrazole rings is 1. The molecule has 0 amide bonds. The van der Waals surface area contributed by atoms with Crippen LogP contribution in [0.2, 0.25) is 0 Å². The molecule has 0 saturated heterocycles. The van der Waals surface area contributed by atoms with Crippen LogP contribution in [0.25, 0.3) is 5.69 Å². The molecule has 3 aromatic rings. The molecule has 1 heterocycles. The number of hydrogen-bond acceptors (Lipinski definition) is 5. The van der Waals surface area contributed by atoms with Gasteiger partial charge in [0.15, 0.2) is 5.82 Å². The Morgan fingerprint density at radius 3 is 2.59 bits per heavy atom. The van der Waals surface area contributed by atoms with Gasteiger partial charge in [-0.1, -0.05) is 25.1 Å². The third-order valence-electron chi connectivity index (χ3n) is 3.74. The Bertz CT molecular complexity index is 880. The third-order valence-corrected chi connectivity index (χ3v) is 3.74. The lowest BCUT2D eigenvalue weighted by atomic mass is 10.1. The summed E-state index contributed by atoms with van der Waals surface area (Å²) in [6, 6.07) is 12.6. The Balaban J connectivity index is 1.84. The van der Waals surface area contributed by atoms with Gasteiger partial charge in [-0.25, -0.2) is 0 Å². The standard InChI is InChI=1S/C18H18F3N5O/c1-2-10-27-16-9-8-13(18(19,20)21)11-15(16)22-12-17-23-24-25-26(17)14-6-4-3-5-7-14/h3-9,11,22H,2,10,12H2,1H3. The van der Waals surface area contributed by atoms with Crippen LogP contribution in [0.1, 0.15) is 24.7 Å². The highest BCUT2D eigenvalue weighted by Crippen LogP contribution is 2.35. The monoisotopic (exact) mass is 377 g/mol. The minimum atomic E-state index is -4.44. The third kappa shape index (κ3) is 4.55. The van der Waals surface area contributed by atoms with E-state index in [4.69, 9.17) is 4.74 Å². The van der Waals surface area contributed by atoms with E-state index < -0.39 is 11.7 Å². The van der Waals surface area contributed by atoms with Crippen molar-refractivity contribution in [3.63, 3.8) is 0 Å². The zero-order valence-electron chi connectivity index (χ0n) is 14.6. The van der Waals surface area contributed by atoms with Crippen molar-refractivity contribution in [3.8, 4) is 11.4 Å². The molecule has 0 atom stereocenters. The first-order valence-corrected chi connectivity index (χ1v) is 8.39. The predicted octanol–water partition coefficient (Wildman–Crippen LogP) is 4.08. The summed E-state index contributed by atoms with van der Waals surface area (Å²) in [6.07, 6.45) is -3.70. The van der Waals surface area contributed by atoms with Crippen molar-refractivity contribution in [2.45, 2.75) is 26.1 Å². The molecule has 0 unspecified atom stereocenters. The molecular weight excluding hydrogens is 359 g/mol. The van der Waals surface area contributed by atoms with E-state index in [2.05, 4.69) is 20.8 Å². The smallest absolute Gasteiger partial charge is 0.416 e. The number of ether oxygens (including phenoxy) is 1. The molecule has 2 aromatic carbocycles. The molecule has 1 aromatic heterocycles. The first-order chi connectivity index (χ1) is 13.0. The molecule has 0 aliphatic carbocycles. The van der Waals surface area contributed by atoms with E-state index in [9.17, 15) is 13.2 Å². The van der Waals surface area contributed by atoms with Gasteiger partial charge in [-0.05, 0) is 47.2 Å². The van der Waals surface area contributed by atoms with Crippen molar-refractivity contribution in [3.05, 3.63) is 59.9 Å². The molecule has 3 rings (SSSR count). The molecule has 142 valence electrons. The molecule has 0 radical (unpaired) electrons. The lowest BCUT2D eigenvalue weighted by molar-refractivity contribution is -0.137. The number of aromatic nitrogens is 4. The van der Waals surface area contributed by atoms with Gasteiger partial charge >= 0.3 is 6.18 Å². The van der Waals surface area contributed by atoms with Gasteiger partial charge in [-0.15, -0.1) is 5.10 Å². The van der Waals surface area contributed by atoms with Gasteiger partial charge in [0.25, 0.3) is 0 Å². The largest absolute Gasteiger partial charge is 0.491 e. The number of hydrogen-bond donors (Lipinski definition) is 1. The molecule has 0 aliphatic rings. The topological polar surface area (TPSA) is 64.9 Å². The molecule has 0 saturated carbocycles. The Kier molecular flexibility index (Phi) is 5.58. The van der Waals surface area contributed by atoms with Gasteiger partial charge in [0, 0.05) is 0 Å². The van der Waals surface area contributed by atoms with Crippen LogP contribution in [0.15, 0.2) is 48.5 Å². The van der Waals surface area contributed by atoms with Crippen LogP contribution < -0.4 is 10.1 Å². The number of rotatable bonds is 7. The van der Waals surface area contributed by atoms with Crippen LogP contribution >= 0.6 is 0 Å². The number of anilines is 1. The fourth-order valence-corrected chi connectivity index (χ4v) is 2.44. The fourth-order valence-electron chi connectivity index (χ4n) is 2.44. The van der Waals surface area contributed by atoms with Crippen molar-refractivity contribution in [1.29, 1.82) is 0 Å². The van der Waals surface area contributed by atoms with E-state index in [0.29, 0.717) is 18.2 Å². The van der Waals surface area contributed by atoms with Crippen LogP contribution in [0.3, 0.4) is 0 Å². The average molecular weight is 377 g/mol. The lowest BCUT2D eigenvalue weighted by Crippen LogP contribution is -2.11. The number of benzene rings is 2. The summed E-state index contributed by atoms with van der Waals surface area (Å²) in [4.78, 5) is 0. The number of nitrogens with one attached hydrogen (secondary N) is 1. The van der Waals surface area contributed by atoms with Crippen LogP contribution in [0.5, 0.6) is 5.75 Å². The van der Waals surface area contributed by atoms with Crippen LogP contribution in [-0.4, -0.2) is 26.8 Å². The van der Waals surface area contributed by atoms with Crippen molar-refractivity contribution in [2.75, 3.05) is 11.9 Å². The average Bonchev–Trinajstić information content (AvgIpc) is 3.13. The molecule has 0 aliphatic heterocycles. The van der Waals surface area contributed by atoms with Crippen LogP contribution in [-0.2, 0) is 12.7 Å². The summed E-state index contributed by atoms with van der Waals surface area (Å²) in [5, 5.41) is 14.5. The maximum atomic E-state index is 13.0. The Morgan fingerprint density at radius 1 is 1.11 bits per heavy atom. The summed E-state index contributed by atoms with van der Waals surface area (Å²) in [7, 11) is 0. The molecule has 0 bridgehead atoms. The maximum absolute atomic E-state index is 13.0. The highest BCUT2D eigenvalue weighted by atomic mass is 19.4. The number of alkyl halides is 3. The van der Waals surface area contributed by atoms with E-state index in [1.807, 2.05) is 37.3 Å². The first kappa shape index (κ1) is 18.7. The van der Waals surface area contributed by atoms with Crippen LogP contribution in [0, 0.1) is 0 Å². The second-order valence-electron chi connectivity index (χ2n) is 5.75. The molecule has 6 nitrogen and oxygen atoms in total. The summed E-state index contributed by atoms with van der Waals surface area (Å²) >= 11 is 0. The molecule has 1 N–H and O–H groups in total. The minimum Gasteiger partial charge on any atom is -0.491 e. The first-order valence-electron chi connectivity index (χ1n) is 8.39. The van der Waals surface area contributed by atoms with Crippen molar-refractivity contribution in [2.24, 2.45) is 0 Å². The Labute approximate surface area is 154 Å². The normalized spacial score (nSPS) is 11.4. The second kappa shape index (κ2) is 8.07. The van der Waals surface area contributed by atoms with Gasteiger partial charge in [-0.3, -0.25) is 0 Å². The zero-order valence-corrected chi connectivity index (χ0v) is 14.6. The van der Waals surface area contributed by atoms with E-state index in [0.717, 1.165) is 24.2 Å². The molecular formula is C18H18F3N5O. The Hall–Kier alpha value is -3.10. The highest BCUT2D eigenvalue weighted by Gasteiger charge is 2.31. The second-order valence-corrected chi connectivity index (χ2v) is 5.75. The minimum absolute atomic E-state index is 0.131. The van der Waals surface area contributed by atoms with Gasteiger partial charge in [-0.2, -0.15) is 17.9 Å².